The fourth-order valence-electron chi connectivity index (χ4n) is 3.34. The second-order valence-corrected chi connectivity index (χ2v) is 7.67. The highest BCUT2D eigenvalue weighted by Gasteiger charge is 2.08. The highest BCUT2D eigenvalue weighted by Crippen LogP contribution is 2.23. The number of benzene rings is 4. The van der Waals surface area contributed by atoms with Crippen molar-refractivity contribution in [2.45, 2.75) is 19.6 Å². The monoisotopic (exact) mass is 464 g/mol. The number of hydrogen-bond acceptors (Lipinski definition) is 4. The van der Waals surface area contributed by atoms with Crippen LogP contribution in [0.25, 0.3) is 0 Å². The van der Waals surface area contributed by atoms with Crippen LogP contribution in [0.1, 0.15) is 37.4 Å². The summed E-state index contributed by atoms with van der Waals surface area (Å²) in [6.07, 6.45) is 4.07. The lowest BCUT2D eigenvalue weighted by Gasteiger charge is -2.12. The molecule has 0 saturated carbocycles. The van der Waals surface area contributed by atoms with Crippen molar-refractivity contribution >= 4 is 12.6 Å². The minimum Gasteiger partial charge on any atom is -0.489 e. The Morgan fingerprint density at radius 3 is 1.89 bits per heavy atom. The lowest BCUT2D eigenvalue weighted by atomic mass is 10.0. The van der Waals surface area contributed by atoms with Gasteiger partial charge in [0.15, 0.2) is 0 Å². The van der Waals surface area contributed by atoms with E-state index in [9.17, 15) is 9.59 Å². The standard InChI is InChI=1S/C17H16O2.C14H12O2/c1-2-7-16-15(12-18)10-6-11-17(16)19-13-14-8-4-3-5-9-14;15-10-13-7-4-8-14(9-13)16-11-12-5-2-1-3-6-12/h2-6,8-12H,1,7,13H2;1-10H,11H2. The SMILES string of the molecule is C=CCc1c(C=O)cccc1OCc1ccccc1.O=Cc1cccc(OCc2ccccc2)c1. The first kappa shape index (κ1) is 25.2. The summed E-state index contributed by atoms with van der Waals surface area (Å²) in [6, 6.07) is 32.5. The molecule has 0 unspecified atom stereocenters. The van der Waals surface area contributed by atoms with E-state index < -0.39 is 0 Å². The maximum atomic E-state index is 11.0. The normalized spacial score (nSPS) is 9.83. The summed E-state index contributed by atoms with van der Waals surface area (Å²) in [4.78, 5) is 21.6. The molecule has 0 N–H and O–H groups in total. The van der Waals surface area contributed by atoms with Crippen LogP contribution in [0.5, 0.6) is 11.5 Å². The molecule has 0 fully saturated rings. The molecule has 0 amide bonds. The van der Waals surface area contributed by atoms with Gasteiger partial charge >= 0.3 is 0 Å². The van der Waals surface area contributed by atoms with Crippen LogP contribution in [0.2, 0.25) is 0 Å². The molecular formula is C31H28O4. The van der Waals surface area contributed by atoms with E-state index in [0.717, 1.165) is 35.0 Å². The fraction of sp³-hybridized carbons (Fsp3) is 0.0968. The topological polar surface area (TPSA) is 52.6 Å². The number of allylic oxidation sites excluding steroid dienone is 1. The molecular weight excluding hydrogens is 436 g/mol. The number of hydrogen-bond donors (Lipinski definition) is 0. The van der Waals surface area contributed by atoms with Crippen molar-refractivity contribution in [3.05, 3.63) is 144 Å². The van der Waals surface area contributed by atoms with Gasteiger partial charge in [-0.05, 0) is 35.7 Å². The number of carbonyl (C=O) groups excluding carboxylic acids is 2. The molecule has 0 atom stereocenters. The molecule has 0 spiro atoms. The average Bonchev–Trinajstić information content (AvgIpc) is 2.93. The smallest absolute Gasteiger partial charge is 0.150 e. The summed E-state index contributed by atoms with van der Waals surface area (Å²) < 4.78 is 11.4. The van der Waals surface area contributed by atoms with Crippen molar-refractivity contribution in [3.63, 3.8) is 0 Å². The average molecular weight is 465 g/mol. The Bertz CT molecular complexity index is 1220. The summed E-state index contributed by atoms with van der Waals surface area (Å²) in [5.41, 5.74) is 4.39. The van der Waals surface area contributed by atoms with E-state index in [-0.39, 0.29) is 0 Å². The van der Waals surface area contributed by atoms with Crippen LogP contribution >= 0.6 is 0 Å². The third-order valence-corrected chi connectivity index (χ3v) is 5.12. The third-order valence-electron chi connectivity index (χ3n) is 5.12. The lowest BCUT2D eigenvalue weighted by molar-refractivity contribution is 0.111. The Labute approximate surface area is 206 Å². The molecule has 0 aromatic heterocycles. The van der Waals surface area contributed by atoms with Crippen LogP contribution in [-0.2, 0) is 19.6 Å². The lowest BCUT2D eigenvalue weighted by Crippen LogP contribution is -2.01. The van der Waals surface area contributed by atoms with Gasteiger partial charge < -0.3 is 9.47 Å². The molecule has 0 heterocycles. The highest BCUT2D eigenvalue weighted by atomic mass is 16.5. The van der Waals surface area contributed by atoms with Crippen molar-refractivity contribution in [2.24, 2.45) is 0 Å². The van der Waals surface area contributed by atoms with Crippen molar-refractivity contribution in [1.82, 2.24) is 0 Å². The number of carbonyl (C=O) groups is 2. The maximum absolute atomic E-state index is 11.0. The van der Waals surface area contributed by atoms with Crippen LogP contribution < -0.4 is 9.47 Å². The Kier molecular flexibility index (Phi) is 10.0. The van der Waals surface area contributed by atoms with Gasteiger partial charge in [-0.3, -0.25) is 9.59 Å². The molecule has 0 saturated heterocycles. The highest BCUT2D eigenvalue weighted by molar-refractivity contribution is 5.79. The number of rotatable bonds is 10. The van der Waals surface area contributed by atoms with E-state index >= 15 is 0 Å². The molecule has 4 nitrogen and oxygen atoms in total. The summed E-state index contributed by atoms with van der Waals surface area (Å²) in [5, 5.41) is 0. The van der Waals surface area contributed by atoms with E-state index in [2.05, 4.69) is 6.58 Å². The predicted molar refractivity (Wildman–Crippen MR) is 139 cm³/mol. The van der Waals surface area contributed by atoms with Gasteiger partial charge in [0, 0.05) is 16.7 Å². The number of aldehydes is 2. The van der Waals surface area contributed by atoms with E-state index in [1.807, 2.05) is 84.9 Å². The molecule has 4 rings (SSSR count). The minimum absolute atomic E-state index is 0.493. The van der Waals surface area contributed by atoms with Crippen LogP contribution in [0.3, 0.4) is 0 Å². The van der Waals surface area contributed by atoms with E-state index in [4.69, 9.17) is 9.47 Å². The quantitative estimate of drug-likeness (QED) is 0.190. The van der Waals surface area contributed by atoms with Crippen molar-refractivity contribution < 1.29 is 19.1 Å². The molecule has 35 heavy (non-hydrogen) atoms. The summed E-state index contributed by atoms with van der Waals surface area (Å²) in [5.74, 6) is 1.46. The zero-order valence-electron chi connectivity index (χ0n) is 19.5. The zero-order valence-corrected chi connectivity index (χ0v) is 19.5. The largest absolute Gasteiger partial charge is 0.489 e. The molecule has 4 aromatic carbocycles. The predicted octanol–water partition coefficient (Wildman–Crippen LogP) is 6.88. The molecule has 0 aliphatic rings. The maximum Gasteiger partial charge on any atom is 0.150 e. The van der Waals surface area contributed by atoms with E-state index in [1.165, 1.54) is 0 Å². The van der Waals surface area contributed by atoms with Gasteiger partial charge in [-0.1, -0.05) is 91.0 Å². The van der Waals surface area contributed by atoms with Gasteiger partial charge in [0.05, 0.1) is 0 Å². The van der Waals surface area contributed by atoms with Gasteiger partial charge in [-0.25, -0.2) is 0 Å². The second kappa shape index (κ2) is 14.0. The minimum atomic E-state index is 0.493. The van der Waals surface area contributed by atoms with Crippen LogP contribution in [0.15, 0.2) is 116 Å². The first-order valence-corrected chi connectivity index (χ1v) is 11.3. The van der Waals surface area contributed by atoms with Gasteiger partial charge in [0.1, 0.15) is 37.3 Å². The zero-order chi connectivity index (χ0) is 24.7. The van der Waals surface area contributed by atoms with Crippen LogP contribution in [0, 0.1) is 0 Å². The molecule has 0 aliphatic carbocycles. The fourth-order valence-corrected chi connectivity index (χ4v) is 3.34. The Morgan fingerprint density at radius 1 is 0.657 bits per heavy atom. The van der Waals surface area contributed by atoms with Gasteiger partial charge in [0.25, 0.3) is 0 Å². The Morgan fingerprint density at radius 2 is 1.29 bits per heavy atom. The Balaban J connectivity index is 0.000000198. The van der Waals surface area contributed by atoms with Crippen molar-refractivity contribution in [2.75, 3.05) is 0 Å². The Hall–Kier alpha value is -4.44. The molecule has 0 radical (unpaired) electrons. The van der Waals surface area contributed by atoms with Crippen LogP contribution in [0.4, 0.5) is 0 Å². The first-order valence-electron chi connectivity index (χ1n) is 11.3. The molecule has 4 aromatic rings. The summed E-state index contributed by atoms with van der Waals surface area (Å²) >= 11 is 0. The second-order valence-electron chi connectivity index (χ2n) is 7.67. The molecule has 4 heteroatoms. The third kappa shape index (κ3) is 8.13. The summed E-state index contributed by atoms with van der Waals surface area (Å²) in [6.45, 7) is 4.73. The summed E-state index contributed by atoms with van der Waals surface area (Å²) in [7, 11) is 0. The van der Waals surface area contributed by atoms with Crippen LogP contribution in [-0.4, -0.2) is 12.6 Å². The molecule has 176 valence electrons. The van der Waals surface area contributed by atoms with Crippen molar-refractivity contribution in [3.8, 4) is 11.5 Å². The molecule has 0 bridgehead atoms. The van der Waals surface area contributed by atoms with Crippen molar-refractivity contribution in [1.29, 1.82) is 0 Å². The number of ether oxygens (including phenoxy) is 2. The van der Waals surface area contributed by atoms with Gasteiger partial charge in [0.2, 0.25) is 0 Å². The molecule has 0 aliphatic heterocycles. The van der Waals surface area contributed by atoms with Gasteiger partial charge in [-0.15, -0.1) is 6.58 Å². The van der Waals surface area contributed by atoms with Gasteiger partial charge in [-0.2, -0.15) is 0 Å². The first-order chi connectivity index (χ1) is 17.2. The van der Waals surface area contributed by atoms with E-state index in [1.54, 1.807) is 24.3 Å². The van der Waals surface area contributed by atoms with E-state index in [0.29, 0.717) is 36.5 Å².